The minimum atomic E-state index is 0.0816. The average molecular weight is 433 g/mol. The minimum Gasteiger partial charge on any atom is -0.488 e. The van der Waals surface area contributed by atoms with Gasteiger partial charge in [-0.25, -0.2) is 0 Å². The first-order chi connectivity index (χ1) is 9.83. The first-order valence-corrected chi connectivity index (χ1v) is 9.19. The second kappa shape index (κ2) is 7.27. The van der Waals surface area contributed by atoms with Crippen LogP contribution in [0.15, 0.2) is 38.6 Å². The Labute approximate surface area is 147 Å². The monoisotopic (exact) mass is 431 g/mol. The lowest BCUT2D eigenvalue weighted by Gasteiger charge is -2.21. The van der Waals surface area contributed by atoms with Gasteiger partial charge in [0.2, 0.25) is 0 Å². The molecule has 0 aliphatic carbocycles. The fraction of sp³-hybridized carbons (Fsp3) is 0.375. The number of thiophene rings is 1. The first-order valence-electron chi connectivity index (χ1n) is 6.73. The van der Waals surface area contributed by atoms with Crippen molar-refractivity contribution >= 4 is 43.2 Å². The highest BCUT2D eigenvalue weighted by Gasteiger charge is 2.12. The van der Waals surface area contributed by atoms with Gasteiger partial charge in [0.15, 0.2) is 0 Å². The van der Waals surface area contributed by atoms with Crippen LogP contribution in [-0.2, 0) is 13.2 Å². The molecule has 5 heteroatoms. The molecule has 1 aromatic heterocycles. The molecule has 0 saturated carbocycles. The molecule has 0 aliphatic rings. The molecule has 2 aromatic rings. The molecular formula is C16H19Br2NOS. The van der Waals surface area contributed by atoms with E-state index in [1.54, 1.807) is 11.3 Å². The van der Waals surface area contributed by atoms with Crippen molar-refractivity contribution in [3.05, 3.63) is 49.0 Å². The highest BCUT2D eigenvalue weighted by molar-refractivity contribution is 9.10. The van der Waals surface area contributed by atoms with Crippen LogP contribution in [0.2, 0.25) is 0 Å². The van der Waals surface area contributed by atoms with Crippen molar-refractivity contribution in [1.82, 2.24) is 5.32 Å². The second-order valence-corrected chi connectivity index (χ2v) is 8.70. The number of rotatable bonds is 5. The Kier molecular flexibility index (Phi) is 5.88. The molecular weight excluding hydrogens is 414 g/mol. The largest absolute Gasteiger partial charge is 0.488 e. The van der Waals surface area contributed by atoms with Gasteiger partial charge in [0.25, 0.3) is 0 Å². The maximum Gasteiger partial charge on any atom is 0.124 e. The molecule has 1 heterocycles. The van der Waals surface area contributed by atoms with Crippen molar-refractivity contribution in [2.75, 3.05) is 0 Å². The SMILES string of the molecule is CC(C)(C)NCc1cc(Br)ccc1OCc1cc(Br)cs1. The number of hydrogen-bond donors (Lipinski definition) is 1. The lowest BCUT2D eigenvalue weighted by molar-refractivity contribution is 0.303. The Morgan fingerprint density at radius 1 is 1.14 bits per heavy atom. The summed E-state index contributed by atoms with van der Waals surface area (Å²) in [5.74, 6) is 0.930. The molecule has 0 unspecified atom stereocenters. The third kappa shape index (κ3) is 5.74. The van der Waals surface area contributed by atoms with Gasteiger partial charge in [-0.1, -0.05) is 15.9 Å². The molecule has 0 amide bonds. The summed E-state index contributed by atoms with van der Waals surface area (Å²) in [4.78, 5) is 1.21. The van der Waals surface area contributed by atoms with E-state index in [1.807, 2.05) is 12.1 Å². The van der Waals surface area contributed by atoms with Gasteiger partial charge in [-0.15, -0.1) is 11.3 Å². The third-order valence-electron chi connectivity index (χ3n) is 2.82. The van der Waals surface area contributed by atoms with Crippen molar-refractivity contribution in [2.24, 2.45) is 0 Å². The van der Waals surface area contributed by atoms with Crippen LogP contribution in [0.4, 0.5) is 0 Å². The number of hydrogen-bond acceptors (Lipinski definition) is 3. The predicted octanol–water partition coefficient (Wildman–Crippen LogP) is 5.74. The van der Waals surface area contributed by atoms with E-state index in [0.29, 0.717) is 6.61 Å². The predicted molar refractivity (Wildman–Crippen MR) is 97.1 cm³/mol. The summed E-state index contributed by atoms with van der Waals surface area (Å²) in [7, 11) is 0. The molecule has 0 spiro atoms. The van der Waals surface area contributed by atoms with Crippen LogP contribution in [0, 0.1) is 0 Å². The summed E-state index contributed by atoms with van der Waals surface area (Å²) in [5, 5.41) is 5.57. The van der Waals surface area contributed by atoms with Crippen LogP contribution in [0.3, 0.4) is 0 Å². The Hall–Kier alpha value is -0.360. The van der Waals surface area contributed by atoms with Gasteiger partial charge in [-0.2, -0.15) is 0 Å². The average Bonchev–Trinajstić information content (AvgIpc) is 2.80. The van der Waals surface area contributed by atoms with Gasteiger partial charge in [0.05, 0.1) is 0 Å². The van der Waals surface area contributed by atoms with Crippen LogP contribution in [-0.4, -0.2) is 5.54 Å². The molecule has 2 nitrogen and oxygen atoms in total. The summed E-state index contributed by atoms with van der Waals surface area (Å²) in [6, 6.07) is 8.24. The molecule has 2 rings (SSSR count). The van der Waals surface area contributed by atoms with Crippen molar-refractivity contribution in [3.8, 4) is 5.75 Å². The van der Waals surface area contributed by atoms with Gasteiger partial charge in [0, 0.05) is 36.8 Å². The van der Waals surface area contributed by atoms with Gasteiger partial charge in [-0.05, 0) is 61.0 Å². The molecule has 0 saturated heterocycles. The molecule has 1 aromatic carbocycles. The van der Waals surface area contributed by atoms with Crippen LogP contribution in [0.1, 0.15) is 31.2 Å². The highest BCUT2D eigenvalue weighted by atomic mass is 79.9. The van der Waals surface area contributed by atoms with E-state index in [1.165, 1.54) is 4.88 Å². The number of ether oxygens (including phenoxy) is 1. The zero-order chi connectivity index (χ0) is 15.5. The number of nitrogens with one attached hydrogen (secondary N) is 1. The van der Waals surface area contributed by atoms with E-state index >= 15 is 0 Å². The normalized spacial score (nSPS) is 11.7. The summed E-state index contributed by atoms with van der Waals surface area (Å²) < 4.78 is 8.16. The van der Waals surface area contributed by atoms with E-state index in [0.717, 1.165) is 26.8 Å². The topological polar surface area (TPSA) is 21.3 Å². The number of halogens is 2. The summed E-state index contributed by atoms with van der Waals surface area (Å²) >= 11 is 8.70. The summed E-state index contributed by atoms with van der Waals surface area (Å²) in [5.41, 5.74) is 1.24. The third-order valence-corrected chi connectivity index (χ3v) is 4.99. The van der Waals surface area contributed by atoms with Gasteiger partial charge < -0.3 is 10.1 Å². The molecule has 0 radical (unpaired) electrons. The van der Waals surface area contributed by atoms with Crippen molar-refractivity contribution in [2.45, 2.75) is 39.5 Å². The smallest absolute Gasteiger partial charge is 0.124 e. The van der Waals surface area contributed by atoms with E-state index in [9.17, 15) is 0 Å². The zero-order valence-electron chi connectivity index (χ0n) is 12.4. The number of benzene rings is 1. The van der Waals surface area contributed by atoms with Crippen LogP contribution in [0.25, 0.3) is 0 Å². The lowest BCUT2D eigenvalue weighted by Crippen LogP contribution is -2.35. The Balaban J connectivity index is 2.07. The first kappa shape index (κ1) is 17.0. The Morgan fingerprint density at radius 3 is 2.52 bits per heavy atom. The molecule has 0 fully saturated rings. The van der Waals surface area contributed by atoms with Crippen molar-refractivity contribution in [1.29, 1.82) is 0 Å². The quantitative estimate of drug-likeness (QED) is 0.650. The molecule has 0 bridgehead atoms. The Morgan fingerprint density at radius 2 is 1.90 bits per heavy atom. The van der Waals surface area contributed by atoms with Gasteiger partial charge in [-0.3, -0.25) is 0 Å². The fourth-order valence-electron chi connectivity index (χ4n) is 1.77. The summed E-state index contributed by atoms with van der Waals surface area (Å²) in [6.07, 6.45) is 0. The lowest BCUT2D eigenvalue weighted by atomic mass is 10.1. The molecule has 1 N–H and O–H groups in total. The van der Waals surface area contributed by atoms with Crippen LogP contribution in [0.5, 0.6) is 5.75 Å². The fourth-order valence-corrected chi connectivity index (χ4v) is 3.54. The molecule has 0 aliphatic heterocycles. The van der Waals surface area contributed by atoms with Crippen LogP contribution >= 0.6 is 43.2 Å². The zero-order valence-corrected chi connectivity index (χ0v) is 16.4. The minimum absolute atomic E-state index is 0.0816. The van der Waals surface area contributed by atoms with Crippen molar-refractivity contribution < 1.29 is 4.74 Å². The van der Waals surface area contributed by atoms with E-state index in [-0.39, 0.29) is 5.54 Å². The van der Waals surface area contributed by atoms with E-state index in [2.05, 4.69) is 75.5 Å². The standard InChI is InChI=1S/C16H19Br2NOS/c1-16(2,3)19-8-11-6-12(17)4-5-15(11)20-9-14-7-13(18)10-21-14/h4-7,10,19H,8-9H2,1-3H3. The second-order valence-electron chi connectivity index (χ2n) is 5.88. The summed E-state index contributed by atoms with van der Waals surface area (Å²) in [6.45, 7) is 7.87. The van der Waals surface area contributed by atoms with Gasteiger partial charge >= 0.3 is 0 Å². The van der Waals surface area contributed by atoms with E-state index in [4.69, 9.17) is 4.74 Å². The molecule has 114 valence electrons. The van der Waals surface area contributed by atoms with Gasteiger partial charge in [0.1, 0.15) is 12.4 Å². The Bertz CT molecular complexity index is 605. The highest BCUT2D eigenvalue weighted by Crippen LogP contribution is 2.26. The molecule has 21 heavy (non-hydrogen) atoms. The van der Waals surface area contributed by atoms with Crippen LogP contribution < -0.4 is 10.1 Å². The maximum absolute atomic E-state index is 5.99. The maximum atomic E-state index is 5.99. The molecule has 0 atom stereocenters. The van der Waals surface area contributed by atoms with E-state index < -0.39 is 0 Å². The van der Waals surface area contributed by atoms with Crippen molar-refractivity contribution in [3.63, 3.8) is 0 Å².